The molecule has 0 atom stereocenters. The molecule has 4 nitrogen and oxygen atoms in total. The van der Waals surface area contributed by atoms with Gasteiger partial charge in [-0.2, -0.15) is 0 Å². The van der Waals surface area contributed by atoms with Gasteiger partial charge in [-0.25, -0.2) is 15.0 Å². The molecule has 3 heterocycles. The maximum absolute atomic E-state index is 5.23. The highest BCUT2D eigenvalue weighted by Gasteiger charge is 2.36. The Hall–Kier alpha value is -6.14. The van der Waals surface area contributed by atoms with E-state index in [-0.39, 0.29) is 5.41 Å². The predicted molar refractivity (Wildman–Crippen MR) is 248 cm³/mol. The van der Waals surface area contributed by atoms with E-state index < -0.39 is 0 Å². The summed E-state index contributed by atoms with van der Waals surface area (Å²) in [4.78, 5) is 15.5. The summed E-state index contributed by atoms with van der Waals surface area (Å²) in [7, 11) is 0. The van der Waals surface area contributed by atoms with Crippen molar-refractivity contribution in [2.75, 3.05) is 0 Å². The van der Waals surface area contributed by atoms with Gasteiger partial charge < -0.3 is 4.57 Å². The van der Waals surface area contributed by atoms with E-state index in [1.165, 1.54) is 64.2 Å². The fourth-order valence-corrected chi connectivity index (χ4v) is 9.70. The van der Waals surface area contributed by atoms with Crippen LogP contribution in [0.1, 0.15) is 31.9 Å². The summed E-state index contributed by atoms with van der Waals surface area (Å²) < 4.78 is 7.49. The number of hydrogen-bond acceptors (Lipinski definition) is 4. The molecule has 11 rings (SSSR count). The van der Waals surface area contributed by atoms with Crippen LogP contribution in [0.5, 0.6) is 0 Å². The van der Waals surface area contributed by atoms with Gasteiger partial charge in [0.15, 0.2) is 17.5 Å². The Morgan fingerprint density at radius 1 is 0.526 bits per heavy atom. The molecule has 0 fully saturated rings. The molecule has 0 N–H and O–H groups in total. The van der Waals surface area contributed by atoms with Gasteiger partial charge in [0.25, 0.3) is 0 Å². The minimum absolute atomic E-state index is 0.102. The number of benzene rings is 7. The number of nitrogens with zero attached hydrogens (tertiary/aromatic N) is 4. The molecule has 0 spiro atoms. The minimum atomic E-state index is -0.102. The van der Waals surface area contributed by atoms with Crippen molar-refractivity contribution in [3.63, 3.8) is 0 Å². The van der Waals surface area contributed by atoms with E-state index in [4.69, 9.17) is 15.0 Å². The highest BCUT2D eigenvalue weighted by atomic mass is 127. The molecule has 7 aromatic carbocycles. The first-order valence-electron chi connectivity index (χ1n) is 19.0. The van der Waals surface area contributed by atoms with Crippen LogP contribution in [0.2, 0.25) is 0 Å². The fourth-order valence-electron chi connectivity index (χ4n) is 8.49. The summed E-state index contributed by atoms with van der Waals surface area (Å²) in [5, 5.41) is 4.96. The molecule has 1 aliphatic carbocycles. The molecule has 1 aliphatic rings. The monoisotopic (exact) mass is 862 g/mol. The average Bonchev–Trinajstić information content (AvgIpc) is 3.88. The molecule has 0 bridgehead atoms. The number of fused-ring (bicyclic) bond motifs is 9. The normalized spacial score (nSPS) is 12.6. The molecule has 0 aliphatic heterocycles. The van der Waals surface area contributed by atoms with Crippen LogP contribution in [0, 0.1) is 9.85 Å². The van der Waals surface area contributed by atoms with Gasteiger partial charge in [0.2, 0.25) is 0 Å². The van der Waals surface area contributed by atoms with Crippen LogP contribution >= 0.6 is 33.9 Å². The summed E-state index contributed by atoms with van der Waals surface area (Å²) >= 11 is 3.78. The van der Waals surface area contributed by atoms with Crippen molar-refractivity contribution in [2.45, 2.75) is 26.2 Å². The Kier molecular flexibility index (Phi) is 8.73. The number of para-hydroxylation sites is 1. The van der Waals surface area contributed by atoms with Gasteiger partial charge in [-0.05, 0) is 75.6 Å². The van der Waals surface area contributed by atoms with E-state index in [0.29, 0.717) is 17.5 Å². The summed E-state index contributed by atoms with van der Waals surface area (Å²) in [5.74, 6) is 4.64. The Bertz CT molecular complexity index is 3250. The smallest absolute Gasteiger partial charge is 0.165 e. The van der Waals surface area contributed by atoms with Crippen molar-refractivity contribution in [1.29, 1.82) is 0 Å². The molecule has 0 unspecified atom stereocenters. The van der Waals surface area contributed by atoms with Crippen molar-refractivity contribution in [3.8, 4) is 60.8 Å². The zero-order chi connectivity index (χ0) is 38.7. The topological polar surface area (TPSA) is 43.6 Å². The third kappa shape index (κ3) is 5.84. The van der Waals surface area contributed by atoms with Crippen molar-refractivity contribution in [1.82, 2.24) is 19.5 Å². The molecular weight excluding hydrogens is 828 g/mol. The van der Waals surface area contributed by atoms with Crippen LogP contribution < -0.4 is 0 Å². The Morgan fingerprint density at radius 2 is 1.16 bits per heavy atom. The van der Waals surface area contributed by atoms with E-state index >= 15 is 0 Å². The standard InChI is InChI=1S/C48H32N4S.C3H3I/c1-48(2)39-23-9-6-18-32(39)37-27-38-33-19-7-10-24-41(33)52(42(38)28-40(37)48)31-17-12-16-30(26-31)46-49-45(29-14-4-3-5-15-29)50-47(51-46)36-22-13-21-35-34-20-8-11-25-43(34)53-44(35)36;1-2-3-4/h3-28H,1-2H3;1H3. The first-order chi connectivity index (χ1) is 27.9. The summed E-state index contributed by atoms with van der Waals surface area (Å²) in [6, 6.07) is 56.4. The molecule has 272 valence electrons. The summed E-state index contributed by atoms with van der Waals surface area (Å²) in [6.07, 6.45) is 0. The third-order valence-corrected chi connectivity index (χ3v) is 12.9. The van der Waals surface area contributed by atoms with E-state index in [0.717, 1.165) is 22.4 Å². The summed E-state index contributed by atoms with van der Waals surface area (Å²) in [5.41, 5.74) is 11.6. The van der Waals surface area contributed by atoms with Crippen molar-refractivity contribution < 1.29 is 0 Å². The second-order valence-electron chi connectivity index (χ2n) is 14.8. The van der Waals surface area contributed by atoms with E-state index in [1.807, 2.05) is 47.7 Å². The van der Waals surface area contributed by atoms with Gasteiger partial charge in [0.1, 0.15) is 0 Å². The number of rotatable bonds is 4. The first-order valence-corrected chi connectivity index (χ1v) is 20.9. The first kappa shape index (κ1) is 35.3. The molecule has 3 aromatic heterocycles. The molecule has 6 heteroatoms. The molecular formula is C51H35IN4S. The molecule has 0 saturated heterocycles. The quantitative estimate of drug-likeness (QED) is 0.131. The van der Waals surface area contributed by atoms with Gasteiger partial charge in [0.05, 0.1) is 11.0 Å². The predicted octanol–water partition coefficient (Wildman–Crippen LogP) is 14.0. The third-order valence-electron chi connectivity index (χ3n) is 11.1. The van der Waals surface area contributed by atoms with E-state index in [2.05, 4.69) is 168 Å². The van der Waals surface area contributed by atoms with Crippen LogP contribution in [-0.2, 0) is 5.41 Å². The van der Waals surface area contributed by atoms with Crippen LogP contribution in [0.15, 0.2) is 158 Å². The lowest BCUT2D eigenvalue weighted by Gasteiger charge is -2.21. The van der Waals surface area contributed by atoms with E-state index in [9.17, 15) is 0 Å². The molecule has 0 amide bonds. The minimum Gasteiger partial charge on any atom is -0.309 e. The molecule has 0 radical (unpaired) electrons. The van der Waals surface area contributed by atoms with Crippen LogP contribution in [0.3, 0.4) is 0 Å². The number of hydrogen-bond donors (Lipinski definition) is 0. The van der Waals surface area contributed by atoms with Gasteiger partial charge in [-0.1, -0.05) is 135 Å². The second-order valence-corrected chi connectivity index (χ2v) is 16.4. The maximum atomic E-state index is 5.23. The lowest BCUT2D eigenvalue weighted by molar-refractivity contribution is 0.661. The van der Waals surface area contributed by atoms with Gasteiger partial charge in [0, 0.05) is 81.3 Å². The molecule has 57 heavy (non-hydrogen) atoms. The second kappa shape index (κ2) is 14.1. The highest BCUT2D eigenvalue weighted by molar-refractivity contribution is 14.1. The zero-order valence-corrected chi connectivity index (χ0v) is 34.6. The SMILES string of the molecule is CC#CI.CC1(C)c2ccccc2-c2cc3c4ccccc4n(-c4cccc(-c5nc(-c6ccccc6)nc(-c6cccc7c6sc6ccccc67)n5)c4)c3cc21. The number of aromatic nitrogens is 4. The highest BCUT2D eigenvalue weighted by Crippen LogP contribution is 2.51. The largest absolute Gasteiger partial charge is 0.309 e. The van der Waals surface area contributed by atoms with Gasteiger partial charge >= 0.3 is 0 Å². The maximum Gasteiger partial charge on any atom is 0.165 e. The van der Waals surface area contributed by atoms with Gasteiger partial charge in [-0.15, -0.1) is 11.3 Å². The Morgan fingerprint density at radius 3 is 1.98 bits per heavy atom. The Labute approximate surface area is 349 Å². The molecule has 0 saturated carbocycles. The lowest BCUT2D eigenvalue weighted by Crippen LogP contribution is -2.14. The van der Waals surface area contributed by atoms with Crippen molar-refractivity contribution >= 4 is 75.9 Å². The van der Waals surface area contributed by atoms with Crippen LogP contribution in [0.25, 0.3) is 93.0 Å². The number of thiophene rings is 1. The molecule has 10 aromatic rings. The lowest BCUT2D eigenvalue weighted by atomic mass is 9.82. The van der Waals surface area contributed by atoms with Crippen LogP contribution in [-0.4, -0.2) is 19.5 Å². The van der Waals surface area contributed by atoms with Crippen molar-refractivity contribution in [3.05, 3.63) is 169 Å². The fraction of sp³-hybridized carbons (Fsp3) is 0.0784. The zero-order valence-electron chi connectivity index (χ0n) is 31.6. The van der Waals surface area contributed by atoms with Gasteiger partial charge in [-0.3, -0.25) is 0 Å². The average molecular weight is 863 g/mol. The Balaban J connectivity index is 0.000000948. The van der Waals surface area contributed by atoms with Crippen molar-refractivity contribution in [2.24, 2.45) is 0 Å². The van der Waals surface area contributed by atoms with Crippen LogP contribution in [0.4, 0.5) is 0 Å². The number of halogens is 1. The van der Waals surface area contributed by atoms with E-state index in [1.54, 1.807) is 11.3 Å². The summed E-state index contributed by atoms with van der Waals surface area (Å²) in [6.45, 7) is 6.50.